The Hall–Kier alpha value is -6.23. The number of carbonyl (C=O) groups excluding carboxylic acids is 2. The molecule has 0 bridgehead atoms. The second-order valence-corrected chi connectivity index (χ2v) is 24.4. The number of hydrogen-bond acceptors (Lipinski definition) is 16. The number of halogens is 5. The molecule has 0 aliphatic heterocycles. The van der Waals surface area contributed by atoms with E-state index in [0.717, 1.165) is 0 Å². The van der Waals surface area contributed by atoms with Crippen LogP contribution >= 0.6 is 52.4 Å². The molecular weight excluding hydrogens is 1130 g/mol. The van der Waals surface area contributed by atoms with E-state index in [1.54, 1.807) is 82.4 Å². The molecule has 2 aromatic carbocycles. The normalized spacial score (nSPS) is 10.2. The van der Waals surface area contributed by atoms with Gasteiger partial charge in [-0.05, 0) is 36.4 Å². The molecule has 339 valence electrons. The SMILES string of the molecule is C.COC(=O)Nc1c(N)nc(-c2nn(Cc3ccccc3F)c3ncccc23)nc1N.COC(=O)Nc1c(N)nc(-c2nn(Cc3ccccc3F)c3ncccc23)nc1N.Cl.[I][V][I]. The van der Waals surface area contributed by atoms with E-state index in [1.165, 1.54) is 26.4 Å². The first-order valence-electron chi connectivity index (χ1n) is 18.0. The van der Waals surface area contributed by atoms with E-state index in [2.05, 4.69) is 100 Å². The van der Waals surface area contributed by atoms with Crippen LogP contribution in [0.4, 0.5) is 53.0 Å². The molecule has 6 heterocycles. The number of nitrogens with one attached hydrogen (secondary N) is 2. The number of nitrogen functional groups attached to an aromatic ring is 4. The fourth-order valence-electron chi connectivity index (χ4n) is 5.91. The van der Waals surface area contributed by atoms with Crippen molar-refractivity contribution in [3.63, 3.8) is 0 Å². The number of rotatable bonds is 8. The van der Waals surface area contributed by atoms with Crippen molar-refractivity contribution in [1.29, 1.82) is 0 Å². The molecule has 0 aliphatic carbocycles. The summed E-state index contributed by atoms with van der Waals surface area (Å²) in [4.78, 5) is 48.5. The van der Waals surface area contributed by atoms with E-state index in [0.29, 0.717) is 54.0 Å². The predicted octanol–water partition coefficient (Wildman–Crippen LogP) is 7.66. The molecule has 0 radical (unpaired) electrons. The van der Waals surface area contributed by atoms with Crippen molar-refractivity contribution in [1.82, 2.24) is 49.5 Å². The van der Waals surface area contributed by atoms with Gasteiger partial charge in [0.2, 0.25) is 0 Å². The number of hydrogen-bond donors (Lipinski definition) is 6. The molecule has 8 aromatic rings. The van der Waals surface area contributed by atoms with Crippen molar-refractivity contribution in [2.45, 2.75) is 20.5 Å². The quantitative estimate of drug-likeness (QED) is 0.0796. The third-order valence-electron chi connectivity index (χ3n) is 8.75. The van der Waals surface area contributed by atoms with Crippen LogP contribution in [0.5, 0.6) is 0 Å². The Morgan fingerprint density at radius 2 is 0.969 bits per heavy atom. The average molecular weight is 1170 g/mol. The Labute approximate surface area is 404 Å². The summed E-state index contributed by atoms with van der Waals surface area (Å²) in [5.74, 6) is -0.612. The van der Waals surface area contributed by atoms with Crippen LogP contribution in [0.15, 0.2) is 85.2 Å². The molecule has 6 aromatic heterocycles. The summed E-state index contributed by atoms with van der Waals surface area (Å²) in [6.07, 6.45) is 1.71. The van der Waals surface area contributed by atoms with Crippen LogP contribution in [-0.4, -0.2) is 75.9 Å². The van der Waals surface area contributed by atoms with Crippen LogP contribution in [0.1, 0.15) is 18.6 Å². The predicted molar refractivity (Wildman–Crippen MR) is 260 cm³/mol. The molecule has 0 saturated heterocycles. The first-order valence-corrected chi connectivity index (χ1v) is 27.0. The van der Waals surface area contributed by atoms with E-state index < -0.39 is 12.2 Å². The molecule has 0 atom stereocenters. The first-order chi connectivity index (χ1) is 30.4. The van der Waals surface area contributed by atoms with Crippen molar-refractivity contribution in [3.8, 4) is 23.0 Å². The number of carbonyl (C=O) groups is 2. The summed E-state index contributed by atoms with van der Waals surface area (Å²) in [5, 5.41) is 15.1. The molecular formula is C39H39ClF2I2N16O4V. The van der Waals surface area contributed by atoms with Crippen molar-refractivity contribution in [2.24, 2.45) is 0 Å². The summed E-state index contributed by atoms with van der Waals surface area (Å²) in [6, 6.07) is 19.9. The van der Waals surface area contributed by atoms with Gasteiger partial charge in [-0.15, -0.1) is 12.4 Å². The minimum absolute atomic E-state index is 0. The van der Waals surface area contributed by atoms with Gasteiger partial charge in [-0.2, -0.15) is 10.2 Å². The Balaban J connectivity index is 0.000000261. The first kappa shape index (κ1) is 51.4. The number of ether oxygens (including phenoxy) is 2. The van der Waals surface area contributed by atoms with Crippen LogP contribution in [0.25, 0.3) is 45.1 Å². The molecule has 0 spiro atoms. The maximum absolute atomic E-state index is 14.1. The number of benzene rings is 2. The maximum atomic E-state index is 14.1. The van der Waals surface area contributed by atoms with Gasteiger partial charge in [-0.25, -0.2) is 57.6 Å². The van der Waals surface area contributed by atoms with Gasteiger partial charge >= 0.3 is 61.6 Å². The molecule has 2 amide bonds. The van der Waals surface area contributed by atoms with Crippen molar-refractivity contribution in [3.05, 3.63) is 108 Å². The Bertz CT molecular complexity index is 2710. The summed E-state index contributed by atoms with van der Waals surface area (Å²) in [6.45, 7) is 0.320. The van der Waals surface area contributed by atoms with E-state index in [-0.39, 0.29) is 90.9 Å². The van der Waals surface area contributed by atoms with Gasteiger partial charge in [-0.1, -0.05) is 43.8 Å². The third-order valence-corrected chi connectivity index (χ3v) is 8.75. The van der Waals surface area contributed by atoms with Gasteiger partial charge in [0.05, 0.1) is 38.1 Å². The Morgan fingerprint density at radius 1 is 0.631 bits per heavy atom. The summed E-state index contributed by atoms with van der Waals surface area (Å²) < 4.78 is 40.4. The van der Waals surface area contributed by atoms with Gasteiger partial charge in [0.25, 0.3) is 0 Å². The zero-order valence-corrected chi connectivity index (χ0v) is 39.8. The van der Waals surface area contributed by atoms with Gasteiger partial charge < -0.3 is 32.4 Å². The van der Waals surface area contributed by atoms with E-state index in [1.807, 2.05) is 0 Å². The van der Waals surface area contributed by atoms with Crippen molar-refractivity contribution >= 4 is 121 Å². The topological polar surface area (TPSA) is 294 Å². The van der Waals surface area contributed by atoms with Crippen LogP contribution < -0.4 is 33.6 Å². The molecule has 8 rings (SSSR count). The number of methoxy groups -OCH3 is 2. The van der Waals surface area contributed by atoms with E-state index >= 15 is 0 Å². The van der Waals surface area contributed by atoms with Crippen LogP contribution in [0.2, 0.25) is 0 Å². The summed E-state index contributed by atoms with van der Waals surface area (Å²) in [5.41, 5.74) is 26.6. The Morgan fingerprint density at radius 3 is 1.29 bits per heavy atom. The fourth-order valence-corrected chi connectivity index (χ4v) is 5.91. The van der Waals surface area contributed by atoms with Crippen LogP contribution in [0, 0.1) is 11.6 Å². The monoisotopic (exact) mass is 1170 g/mol. The Kier molecular flexibility index (Phi) is 18.7. The zero-order valence-electron chi connectivity index (χ0n) is 33.3. The molecule has 0 saturated carbocycles. The average Bonchev–Trinajstić information content (AvgIpc) is 3.83. The fraction of sp³-hybridized carbons (Fsp3) is 0.128. The number of nitrogens with two attached hydrogens (primary N) is 4. The molecule has 26 heteroatoms. The second kappa shape index (κ2) is 23.6. The zero-order chi connectivity index (χ0) is 45.2. The number of amides is 2. The molecule has 0 fully saturated rings. The number of nitrogens with zero attached hydrogens (tertiary/aromatic N) is 10. The molecule has 0 aliphatic rings. The van der Waals surface area contributed by atoms with Gasteiger partial charge in [0, 0.05) is 23.5 Å². The third kappa shape index (κ3) is 12.1. The van der Waals surface area contributed by atoms with E-state index in [4.69, 9.17) is 22.9 Å². The standard InChI is InChI=1S/2C19H17FN8O2.CH4.ClH.2HI.V/c2*1-30-19(29)24-14-15(21)25-17(26-16(14)22)13-11-6-4-8-23-18(11)28(27-13)9-10-5-2-3-7-12(10)20;;;;;/h2*2-8H,9H2,1H3,(H,24,29)(H4,21,22,25,26);1H4;3*1H;/q;;;;;;+2/p-2. The number of aromatic nitrogens is 10. The van der Waals surface area contributed by atoms with E-state index in [9.17, 15) is 18.4 Å². The van der Waals surface area contributed by atoms with Crippen LogP contribution in [0.3, 0.4) is 0 Å². The molecule has 0 unspecified atom stereocenters. The molecule has 20 nitrogen and oxygen atoms in total. The summed E-state index contributed by atoms with van der Waals surface area (Å²) >= 11 is 4.74. The van der Waals surface area contributed by atoms with Crippen LogP contribution in [-0.2, 0) is 32.0 Å². The molecule has 10 N–H and O–H groups in total. The van der Waals surface area contributed by atoms with Gasteiger partial charge in [0.15, 0.2) is 46.2 Å². The van der Waals surface area contributed by atoms with Gasteiger partial charge in [-0.3, -0.25) is 10.6 Å². The van der Waals surface area contributed by atoms with Gasteiger partial charge in [0.1, 0.15) is 34.4 Å². The number of pyridine rings is 2. The number of anilines is 6. The minimum atomic E-state index is -0.756. The molecule has 65 heavy (non-hydrogen) atoms. The summed E-state index contributed by atoms with van der Waals surface area (Å²) in [7, 11) is 3.04. The second-order valence-electron chi connectivity index (χ2n) is 12.6. The van der Waals surface area contributed by atoms with Crippen molar-refractivity contribution < 1.29 is 37.3 Å². The van der Waals surface area contributed by atoms with Crippen molar-refractivity contribution in [2.75, 3.05) is 47.8 Å². The number of fused-ring (bicyclic) bond motifs is 2.